The molecule has 1 saturated heterocycles. The standard InChI is InChI=1S/C25H43N7S/c1-5-7-19-20(9-13-30-22(19)27)33-24(23(28)29-3)31(4)16-17-32-14-11-25(12-15-32)10-8-18(6-2)21(25)26/h9,13,16-18,21,24H,5-8,10-12,14-15,26H2,1-4H3,(H2,27,30)(H2,28,29)/b17-16+. The number of pyridine rings is 1. The first-order chi connectivity index (χ1) is 15.8. The maximum Gasteiger partial charge on any atom is 0.137 e. The summed E-state index contributed by atoms with van der Waals surface area (Å²) in [4.78, 5) is 14.2. The molecule has 0 bridgehead atoms. The van der Waals surface area contributed by atoms with E-state index in [0.29, 0.717) is 29.0 Å². The Hall–Kier alpha value is -1.93. The van der Waals surface area contributed by atoms with Gasteiger partial charge >= 0.3 is 0 Å². The fourth-order valence-corrected chi connectivity index (χ4v) is 6.63. The maximum absolute atomic E-state index is 6.68. The minimum absolute atomic E-state index is 0.117. The number of thioether (sulfide) groups is 1. The second kappa shape index (κ2) is 11.5. The van der Waals surface area contributed by atoms with Crippen molar-refractivity contribution in [3.63, 3.8) is 0 Å². The first-order valence-corrected chi connectivity index (χ1v) is 13.2. The van der Waals surface area contributed by atoms with Crippen molar-refractivity contribution in [3.8, 4) is 0 Å². The van der Waals surface area contributed by atoms with Gasteiger partial charge in [0, 0.05) is 62.3 Å². The fraction of sp³-hybridized carbons (Fsp3) is 0.680. The van der Waals surface area contributed by atoms with E-state index in [1.54, 1.807) is 25.0 Å². The van der Waals surface area contributed by atoms with Crippen LogP contribution in [0.2, 0.25) is 0 Å². The van der Waals surface area contributed by atoms with Crippen molar-refractivity contribution < 1.29 is 0 Å². The number of likely N-dealkylation sites (tertiary alicyclic amines) is 1. The van der Waals surface area contributed by atoms with E-state index >= 15 is 0 Å². The van der Waals surface area contributed by atoms with Crippen molar-refractivity contribution in [1.82, 2.24) is 14.8 Å². The molecule has 3 unspecified atom stereocenters. The number of anilines is 1. The van der Waals surface area contributed by atoms with Gasteiger partial charge in [0.2, 0.25) is 0 Å². The second-order valence-corrected chi connectivity index (χ2v) is 10.8. The molecule has 7 nitrogen and oxygen atoms in total. The molecule has 2 fully saturated rings. The molecule has 8 heteroatoms. The number of hydrogen-bond donors (Lipinski definition) is 3. The van der Waals surface area contributed by atoms with E-state index in [2.05, 4.69) is 53.1 Å². The van der Waals surface area contributed by atoms with E-state index in [0.717, 1.165) is 36.4 Å². The van der Waals surface area contributed by atoms with E-state index in [1.165, 1.54) is 32.1 Å². The molecule has 1 aromatic heterocycles. The zero-order valence-corrected chi connectivity index (χ0v) is 21.7. The average molecular weight is 474 g/mol. The number of nitrogens with two attached hydrogens (primary N) is 3. The second-order valence-electron chi connectivity index (χ2n) is 9.64. The molecule has 6 N–H and O–H groups in total. The van der Waals surface area contributed by atoms with Crippen LogP contribution in [0.25, 0.3) is 0 Å². The van der Waals surface area contributed by atoms with Crippen LogP contribution in [-0.4, -0.2) is 59.2 Å². The molecule has 2 aliphatic rings. The van der Waals surface area contributed by atoms with Gasteiger partial charge in [-0.25, -0.2) is 4.98 Å². The number of likely N-dealkylation sites (N-methyl/N-ethyl adjacent to an activating group) is 1. The first-order valence-electron chi connectivity index (χ1n) is 12.4. The highest BCUT2D eigenvalue weighted by atomic mass is 32.2. The van der Waals surface area contributed by atoms with Crippen molar-refractivity contribution >= 4 is 23.4 Å². The predicted octanol–water partition coefficient (Wildman–Crippen LogP) is 3.65. The van der Waals surface area contributed by atoms with Crippen molar-refractivity contribution in [2.75, 3.05) is 32.9 Å². The number of nitrogens with zero attached hydrogens (tertiary/aromatic N) is 4. The third kappa shape index (κ3) is 5.77. The summed E-state index contributed by atoms with van der Waals surface area (Å²) in [7, 11) is 3.80. The molecule has 1 aliphatic carbocycles. The highest BCUT2D eigenvalue weighted by Crippen LogP contribution is 2.49. The third-order valence-corrected chi connectivity index (χ3v) is 9.16. The number of rotatable bonds is 9. The van der Waals surface area contributed by atoms with Gasteiger partial charge in [0.1, 0.15) is 17.0 Å². The van der Waals surface area contributed by atoms with Crippen molar-refractivity contribution in [2.24, 2.45) is 27.8 Å². The SMILES string of the molecule is CCCc1c(SC(/C(N)=N\C)N(C)/C=C/N2CCC3(CCC(CC)C3N)CC2)ccnc1N. The molecular formula is C25H43N7S. The van der Waals surface area contributed by atoms with Crippen LogP contribution >= 0.6 is 11.8 Å². The Labute approximate surface area is 204 Å². The van der Waals surface area contributed by atoms with Crippen LogP contribution in [0.4, 0.5) is 5.82 Å². The average Bonchev–Trinajstić information content (AvgIpc) is 3.13. The van der Waals surface area contributed by atoms with Gasteiger partial charge < -0.3 is 27.0 Å². The molecule has 184 valence electrons. The van der Waals surface area contributed by atoms with Gasteiger partial charge in [0.25, 0.3) is 0 Å². The summed E-state index contributed by atoms with van der Waals surface area (Å²) in [5, 5.41) is -0.117. The topological polar surface area (TPSA) is 110 Å². The van der Waals surface area contributed by atoms with Gasteiger partial charge in [-0.1, -0.05) is 38.5 Å². The molecule has 3 rings (SSSR count). The number of hydrogen-bond acceptors (Lipinski definition) is 7. The van der Waals surface area contributed by atoms with Gasteiger partial charge in [-0.15, -0.1) is 0 Å². The van der Waals surface area contributed by atoms with Crippen molar-refractivity contribution in [1.29, 1.82) is 0 Å². The summed E-state index contributed by atoms with van der Waals surface area (Å²) in [6.07, 6.45) is 14.2. The summed E-state index contributed by atoms with van der Waals surface area (Å²) in [5.74, 6) is 1.89. The molecule has 1 aromatic rings. The summed E-state index contributed by atoms with van der Waals surface area (Å²) in [6, 6.07) is 2.39. The first kappa shape index (κ1) is 25.7. The molecule has 0 radical (unpaired) electrons. The van der Waals surface area contributed by atoms with Crippen LogP contribution in [-0.2, 0) is 6.42 Å². The summed E-state index contributed by atoms with van der Waals surface area (Å²) >= 11 is 1.68. The Balaban J connectivity index is 1.66. The maximum atomic E-state index is 6.68. The number of aromatic nitrogens is 1. The number of aliphatic imine (C=N–C) groups is 1. The number of amidine groups is 1. The van der Waals surface area contributed by atoms with Crippen LogP contribution in [0.3, 0.4) is 0 Å². The minimum atomic E-state index is -0.117. The van der Waals surface area contributed by atoms with Crippen LogP contribution in [0.5, 0.6) is 0 Å². The highest BCUT2D eigenvalue weighted by Gasteiger charge is 2.46. The largest absolute Gasteiger partial charge is 0.385 e. The van der Waals surface area contributed by atoms with Crippen molar-refractivity contribution in [3.05, 3.63) is 30.2 Å². The smallest absolute Gasteiger partial charge is 0.137 e. The van der Waals surface area contributed by atoms with Gasteiger partial charge in [-0.2, -0.15) is 0 Å². The lowest BCUT2D eigenvalue weighted by molar-refractivity contribution is 0.115. The van der Waals surface area contributed by atoms with E-state index in [9.17, 15) is 0 Å². The number of piperidine rings is 1. The van der Waals surface area contributed by atoms with Gasteiger partial charge in [0.15, 0.2) is 0 Å². The predicted molar refractivity (Wildman–Crippen MR) is 141 cm³/mol. The van der Waals surface area contributed by atoms with Crippen LogP contribution < -0.4 is 17.2 Å². The molecule has 2 heterocycles. The Bertz CT molecular complexity index is 832. The van der Waals surface area contributed by atoms with Crippen LogP contribution in [0.1, 0.15) is 57.9 Å². The number of nitrogen functional groups attached to an aromatic ring is 1. The zero-order valence-electron chi connectivity index (χ0n) is 20.8. The molecule has 0 amide bonds. The summed E-state index contributed by atoms with van der Waals surface area (Å²) in [5.41, 5.74) is 20.6. The summed E-state index contributed by atoms with van der Waals surface area (Å²) < 4.78 is 0. The van der Waals surface area contributed by atoms with E-state index in [-0.39, 0.29) is 5.37 Å². The third-order valence-electron chi connectivity index (χ3n) is 7.72. The van der Waals surface area contributed by atoms with Gasteiger partial charge in [0.05, 0.1) is 0 Å². The monoisotopic (exact) mass is 473 g/mol. The Morgan fingerprint density at radius 2 is 2.09 bits per heavy atom. The Morgan fingerprint density at radius 1 is 1.36 bits per heavy atom. The summed E-state index contributed by atoms with van der Waals surface area (Å²) in [6.45, 7) is 6.55. The van der Waals surface area contributed by atoms with Crippen LogP contribution in [0, 0.1) is 11.3 Å². The molecular weight excluding hydrogens is 430 g/mol. The minimum Gasteiger partial charge on any atom is -0.385 e. The van der Waals surface area contributed by atoms with E-state index in [4.69, 9.17) is 17.2 Å². The Kier molecular flexibility index (Phi) is 8.93. The highest BCUT2D eigenvalue weighted by molar-refractivity contribution is 8.00. The lowest BCUT2D eigenvalue weighted by atomic mass is 9.73. The normalized spacial score (nSPS) is 24.0. The molecule has 0 aromatic carbocycles. The zero-order chi connectivity index (χ0) is 24.0. The molecule has 1 spiro atoms. The van der Waals surface area contributed by atoms with Gasteiger partial charge in [-0.3, -0.25) is 4.99 Å². The molecule has 1 saturated carbocycles. The van der Waals surface area contributed by atoms with E-state index in [1.807, 2.05) is 6.07 Å². The molecule has 33 heavy (non-hydrogen) atoms. The van der Waals surface area contributed by atoms with Crippen molar-refractivity contribution in [2.45, 2.75) is 75.1 Å². The molecule has 1 aliphatic heterocycles. The fourth-order valence-electron chi connectivity index (χ4n) is 5.44. The lowest BCUT2D eigenvalue weighted by Crippen LogP contribution is -2.47. The molecule has 3 atom stereocenters. The van der Waals surface area contributed by atoms with Crippen LogP contribution in [0.15, 0.2) is 34.6 Å². The van der Waals surface area contributed by atoms with E-state index < -0.39 is 0 Å². The Morgan fingerprint density at radius 3 is 2.70 bits per heavy atom. The van der Waals surface area contributed by atoms with Gasteiger partial charge in [-0.05, 0) is 49.5 Å². The lowest BCUT2D eigenvalue weighted by Gasteiger charge is -2.43. The quantitative estimate of drug-likeness (QED) is 0.217.